The summed E-state index contributed by atoms with van der Waals surface area (Å²) in [5.74, 6) is 1.25. The van der Waals surface area contributed by atoms with E-state index in [1.807, 2.05) is 18.2 Å². The SMILES string of the molecule is CC(C)(C)OC(=O)Nc1cccc(C(=O)NCC2(c3ccc4c(c3)OCO4)CCOCC2)c1. The van der Waals surface area contributed by atoms with E-state index in [9.17, 15) is 9.59 Å². The zero-order chi connectivity index (χ0) is 23.5. The lowest BCUT2D eigenvalue weighted by Gasteiger charge is -2.38. The Kier molecular flexibility index (Phi) is 6.47. The molecule has 8 heteroatoms. The van der Waals surface area contributed by atoms with Crippen LogP contribution in [0.25, 0.3) is 0 Å². The maximum Gasteiger partial charge on any atom is 0.412 e. The third-order valence-electron chi connectivity index (χ3n) is 5.79. The summed E-state index contributed by atoms with van der Waals surface area (Å²) < 4.78 is 21.9. The van der Waals surface area contributed by atoms with E-state index in [4.69, 9.17) is 18.9 Å². The van der Waals surface area contributed by atoms with Gasteiger partial charge in [-0.2, -0.15) is 0 Å². The van der Waals surface area contributed by atoms with Crippen LogP contribution in [0.15, 0.2) is 42.5 Å². The number of rotatable bonds is 5. The van der Waals surface area contributed by atoms with Crippen molar-refractivity contribution in [2.24, 2.45) is 0 Å². The number of fused-ring (bicyclic) bond motifs is 1. The van der Waals surface area contributed by atoms with E-state index in [-0.39, 0.29) is 18.1 Å². The molecule has 0 spiro atoms. The standard InChI is InChI=1S/C25H30N2O6/c1-24(2,3)33-23(29)27-19-6-4-5-17(13-19)22(28)26-15-25(9-11-30-12-10-25)18-7-8-20-21(14-18)32-16-31-20/h4-8,13-14H,9-12,15-16H2,1-3H3,(H,26,28)(H,27,29). The van der Waals surface area contributed by atoms with Gasteiger partial charge in [0.25, 0.3) is 5.91 Å². The molecule has 2 aromatic rings. The van der Waals surface area contributed by atoms with Crippen molar-refractivity contribution in [2.45, 2.75) is 44.6 Å². The van der Waals surface area contributed by atoms with Gasteiger partial charge in [0.05, 0.1) is 0 Å². The molecule has 33 heavy (non-hydrogen) atoms. The fourth-order valence-electron chi connectivity index (χ4n) is 4.07. The van der Waals surface area contributed by atoms with Crippen LogP contribution in [0.1, 0.15) is 49.5 Å². The van der Waals surface area contributed by atoms with Crippen molar-refractivity contribution in [2.75, 3.05) is 31.9 Å². The average molecular weight is 455 g/mol. The molecule has 2 aliphatic heterocycles. The van der Waals surface area contributed by atoms with Gasteiger partial charge in [0, 0.05) is 36.4 Å². The highest BCUT2D eigenvalue weighted by Crippen LogP contribution is 2.40. The monoisotopic (exact) mass is 454 g/mol. The first-order valence-corrected chi connectivity index (χ1v) is 11.1. The summed E-state index contributed by atoms with van der Waals surface area (Å²) in [4.78, 5) is 25.0. The van der Waals surface area contributed by atoms with Gasteiger partial charge in [0.1, 0.15) is 5.60 Å². The number of anilines is 1. The Hall–Kier alpha value is -3.26. The van der Waals surface area contributed by atoms with Gasteiger partial charge in [-0.15, -0.1) is 0 Å². The van der Waals surface area contributed by atoms with Crippen molar-refractivity contribution >= 4 is 17.7 Å². The normalized spacial score (nSPS) is 16.7. The second kappa shape index (κ2) is 9.31. The molecule has 0 aromatic heterocycles. The molecular weight excluding hydrogens is 424 g/mol. The molecule has 176 valence electrons. The number of hydrogen-bond acceptors (Lipinski definition) is 6. The van der Waals surface area contributed by atoms with Gasteiger partial charge in [-0.25, -0.2) is 4.79 Å². The highest BCUT2D eigenvalue weighted by Gasteiger charge is 2.36. The highest BCUT2D eigenvalue weighted by atomic mass is 16.7. The van der Waals surface area contributed by atoms with Gasteiger partial charge in [-0.1, -0.05) is 12.1 Å². The van der Waals surface area contributed by atoms with Crippen molar-refractivity contribution in [3.63, 3.8) is 0 Å². The van der Waals surface area contributed by atoms with Gasteiger partial charge in [0.15, 0.2) is 11.5 Å². The summed E-state index contributed by atoms with van der Waals surface area (Å²) in [7, 11) is 0. The fourth-order valence-corrected chi connectivity index (χ4v) is 4.07. The summed E-state index contributed by atoms with van der Waals surface area (Å²) in [5, 5.41) is 5.76. The summed E-state index contributed by atoms with van der Waals surface area (Å²) >= 11 is 0. The molecule has 8 nitrogen and oxygen atoms in total. The van der Waals surface area contributed by atoms with E-state index in [0.717, 1.165) is 29.9 Å². The minimum atomic E-state index is -0.605. The quantitative estimate of drug-likeness (QED) is 0.702. The zero-order valence-electron chi connectivity index (χ0n) is 19.2. The lowest BCUT2D eigenvalue weighted by atomic mass is 9.74. The summed E-state index contributed by atoms with van der Waals surface area (Å²) in [6.45, 7) is 7.31. The fraction of sp³-hybridized carbons (Fsp3) is 0.440. The van der Waals surface area contributed by atoms with Crippen molar-refractivity contribution < 1.29 is 28.5 Å². The second-order valence-corrected chi connectivity index (χ2v) is 9.35. The molecule has 1 saturated heterocycles. The van der Waals surface area contributed by atoms with E-state index in [1.54, 1.807) is 45.0 Å². The van der Waals surface area contributed by atoms with E-state index < -0.39 is 11.7 Å². The first-order valence-electron chi connectivity index (χ1n) is 11.1. The molecule has 0 saturated carbocycles. The average Bonchev–Trinajstić information content (AvgIpc) is 3.25. The number of carbonyl (C=O) groups is 2. The largest absolute Gasteiger partial charge is 0.454 e. The maximum absolute atomic E-state index is 13.0. The molecule has 0 unspecified atom stereocenters. The molecule has 0 radical (unpaired) electrons. The van der Waals surface area contributed by atoms with Crippen molar-refractivity contribution in [1.29, 1.82) is 0 Å². The second-order valence-electron chi connectivity index (χ2n) is 9.35. The lowest BCUT2D eigenvalue weighted by Crippen LogP contribution is -2.44. The molecule has 2 heterocycles. The summed E-state index contributed by atoms with van der Waals surface area (Å²) in [6, 6.07) is 12.8. The zero-order valence-corrected chi connectivity index (χ0v) is 19.2. The molecule has 0 aliphatic carbocycles. The minimum Gasteiger partial charge on any atom is -0.454 e. The van der Waals surface area contributed by atoms with E-state index in [1.165, 1.54) is 0 Å². The Balaban J connectivity index is 1.45. The first-order chi connectivity index (χ1) is 15.7. The van der Waals surface area contributed by atoms with Crippen LogP contribution in [-0.2, 0) is 14.9 Å². The van der Waals surface area contributed by atoms with Crippen molar-refractivity contribution in [1.82, 2.24) is 5.32 Å². The molecule has 0 atom stereocenters. The number of carbonyl (C=O) groups excluding carboxylic acids is 2. The van der Waals surface area contributed by atoms with Crippen LogP contribution in [0.5, 0.6) is 11.5 Å². The van der Waals surface area contributed by atoms with Crippen LogP contribution in [0.3, 0.4) is 0 Å². The molecule has 2 amide bonds. The Morgan fingerprint density at radius 1 is 1.03 bits per heavy atom. The van der Waals surface area contributed by atoms with Gasteiger partial charge in [-0.05, 0) is 69.5 Å². The van der Waals surface area contributed by atoms with Crippen LogP contribution in [0, 0.1) is 0 Å². The molecule has 2 N–H and O–H groups in total. The van der Waals surface area contributed by atoms with Gasteiger partial charge in [0.2, 0.25) is 6.79 Å². The molecule has 0 bridgehead atoms. The van der Waals surface area contributed by atoms with E-state index >= 15 is 0 Å². The topological polar surface area (TPSA) is 95.1 Å². The number of benzene rings is 2. The Morgan fingerprint density at radius 3 is 2.55 bits per heavy atom. The predicted molar refractivity (Wildman–Crippen MR) is 123 cm³/mol. The first kappa shape index (κ1) is 22.9. The third-order valence-corrected chi connectivity index (χ3v) is 5.79. The molecule has 1 fully saturated rings. The Morgan fingerprint density at radius 2 is 1.79 bits per heavy atom. The summed E-state index contributed by atoms with van der Waals surface area (Å²) in [6.07, 6.45) is 1.00. The Bertz CT molecular complexity index is 1020. The number of nitrogens with one attached hydrogen (secondary N) is 2. The smallest absolute Gasteiger partial charge is 0.412 e. The lowest BCUT2D eigenvalue weighted by molar-refractivity contribution is 0.0486. The predicted octanol–water partition coefficient (Wildman–Crippen LogP) is 4.24. The molecule has 2 aliphatic rings. The van der Waals surface area contributed by atoms with Crippen molar-refractivity contribution in [3.05, 3.63) is 53.6 Å². The number of hydrogen-bond donors (Lipinski definition) is 2. The van der Waals surface area contributed by atoms with Crippen molar-refractivity contribution in [3.8, 4) is 11.5 Å². The van der Waals surface area contributed by atoms with Crippen LogP contribution in [-0.4, -0.2) is 44.2 Å². The Labute approximate surface area is 193 Å². The van der Waals surface area contributed by atoms with E-state index in [2.05, 4.69) is 10.6 Å². The summed E-state index contributed by atoms with van der Waals surface area (Å²) in [5.41, 5.74) is 1.17. The van der Waals surface area contributed by atoms with Crippen LogP contribution >= 0.6 is 0 Å². The number of ether oxygens (including phenoxy) is 4. The minimum absolute atomic E-state index is 0.213. The van der Waals surface area contributed by atoms with Gasteiger partial charge >= 0.3 is 6.09 Å². The molecular formula is C25H30N2O6. The number of amides is 2. The third kappa shape index (κ3) is 5.57. The molecule has 2 aromatic carbocycles. The highest BCUT2D eigenvalue weighted by molar-refractivity contribution is 5.96. The van der Waals surface area contributed by atoms with Crippen LogP contribution < -0.4 is 20.1 Å². The van der Waals surface area contributed by atoms with Gasteiger partial charge < -0.3 is 24.3 Å². The van der Waals surface area contributed by atoms with Crippen LogP contribution in [0.2, 0.25) is 0 Å². The van der Waals surface area contributed by atoms with Crippen LogP contribution in [0.4, 0.5) is 10.5 Å². The van der Waals surface area contributed by atoms with E-state index in [0.29, 0.717) is 31.0 Å². The van der Waals surface area contributed by atoms with Gasteiger partial charge in [-0.3, -0.25) is 10.1 Å². The molecule has 4 rings (SSSR count). The maximum atomic E-state index is 13.0.